The van der Waals surface area contributed by atoms with Gasteiger partial charge in [0.25, 0.3) is 0 Å². The van der Waals surface area contributed by atoms with Gasteiger partial charge in [-0.05, 0) is 19.3 Å². The van der Waals surface area contributed by atoms with Crippen molar-refractivity contribution in [1.29, 1.82) is 0 Å². The quantitative estimate of drug-likeness (QED) is 0.356. The van der Waals surface area contributed by atoms with Crippen molar-refractivity contribution in [2.24, 2.45) is 0 Å². The van der Waals surface area contributed by atoms with Crippen LogP contribution in [0.1, 0.15) is 26.7 Å². The highest BCUT2D eigenvalue weighted by atomic mass is 16.5. The van der Waals surface area contributed by atoms with Crippen LogP contribution >= 0.6 is 0 Å². The maximum absolute atomic E-state index is 5.19. The van der Waals surface area contributed by atoms with Crippen molar-refractivity contribution < 1.29 is 9.47 Å². The zero-order valence-electron chi connectivity index (χ0n) is 8.51. The average Bonchev–Trinajstić information content (AvgIpc) is 2.16. The highest BCUT2D eigenvalue weighted by molar-refractivity contribution is 4.91. The van der Waals surface area contributed by atoms with Crippen LogP contribution in [0, 0.1) is 12.0 Å². The fourth-order valence-electron chi connectivity index (χ4n) is 0.683. The Balaban J connectivity index is 3.13. The summed E-state index contributed by atoms with van der Waals surface area (Å²) in [4.78, 5) is 0. The standard InChI is InChI=1S/C11H18O2/c1-3-5-6-7-9-13-11-8-10-12-4-2/h6-7H,3-5,9,11H2,1-2H3/b7-6-. The van der Waals surface area contributed by atoms with Gasteiger partial charge in [0.15, 0.2) is 0 Å². The second-order valence-corrected chi connectivity index (χ2v) is 2.49. The van der Waals surface area contributed by atoms with E-state index in [4.69, 9.17) is 9.47 Å². The van der Waals surface area contributed by atoms with E-state index in [1.165, 1.54) is 6.42 Å². The van der Waals surface area contributed by atoms with Crippen molar-refractivity contribution in [2.75, 3.05) is 19.8 Å². The van der Waals surface area contributed by atoms with Gasteiger partial charge in [-0.2, -0.15) is 0 Å². The Labute approximate surface area is 80.9 Å². The normalized spacial score (nSPS) is 9.69. The summed E-state index contributed by atoms with van der Waals surface area (Å²) in [6, 6.07) is 0. The topological polar surface area (TPSA) is 18.5 Å². The largest absolute Gasteiger partial charge is 0.447 e. The van der Waals surface area contributed by atoms with Crippen LogP contribution in [0.5, 0.6) is 0 Å². The summed E-state index contributed by atoms with van der Waals surface area (Å²) < 4.78 is 10.0. The van der Waals surface area contributed by atoms with Gasteiger partial charge in [-0.25, -0.2) is 0 Å². The Bertz CT molecular complexity index is 174. The summed E-state index contributed by atoms with van der Waals surface area (Å²) in [7, 11) is 0. The SMILES string of the molecule is CCC/C=C\COCC#COCC. The summed E-state index contributed by atoms with van der Waals surface area (Å²) in [5.41, 5.74) is 0. The Morgan fingerprint density at radius 3 is 2.77 bits per heavy atom. The Morgan fingerprint density at radius 1 is 1.23 bits per heavy atom. The van der Waals surface area contributed by atoms with Gasteiger partial charge in [0.05, 0.1) is 13.2 Å². The Hall–Kier alpha value is -0.940. The van der Waals surface area contributed by atoms with E-state index < -0.39 is 0 Å². The molecule has 0 aliphatic rings. The molecule has 2 nitrogen and oxygen atoms in total. The van der Waals surface area contributed by atoms with E-state index in [-0.39, 0.29) is 0 Å². The van der Waals surface area contributed by atoms with E-state index >= 15 is 0 Å². The zero-order chi connectivity index (χ0) is 9.78. The van der Waals surface area contributed by atoms with E-state index in [0.29, 0.717) is 19.8 Å². The molecule has 0 rings (SSSR count). The third-order valence-corrected chi connectivity index (χ3v) is 1.30. The lowest BCUT2D eigenvalue weighted by molar-refractivity contribution is 0.197. The summed E-state index contributed by atoms with van der Waals surface area (Å²) in [5, 5.41) is 0. The summed E-state index contributed by atoms with van der Waals surface area (Å²) >= 11 is 0. The van der Waals surface area contributed by atoms with Gasteiger partial charge in [-0.1, -0.05) is 25.5 Å². The minimum absolute atomic E-state index is 0.441. The molecule has 0 unspecified atom stereocenters. The molecule has 0 aromatic heterocycles. The molecule has 0 bridgehead atoms. The lowest BCUT2D eigenvalue weighted by atomic mass is 10.3. The molecular formula is C11H18O2. The van der Waals surface area contributed by atoms with Gasteiger partial charge < -0.3 is 9.47 Å². The van der Waals surface area contributed by atoms with Crippen LogP contribution in [0.4, 0.5) is 0 Å². The van der Waals surface area contributed by atoms with E-state index in [1.54, 1.807) is 0 Å². The number of unbranched alkanes of at least 4 members (excludes halogenated alkanes) is 1. The molecule has 0 amide bonds. The zero-order valence-corrected chi connectivity index (χ0v) is 8.51. The monoisotopic (exact) mass is 182 g/mol. The van der Waals surface area contributed by atoms with E-state index in [0.717, 1.165) is 6.42 Å². The van der Waals surface area contributed by atoms with Crippen LogP contribution in [0.15, 0.2) is 12.2 Å². The predicted octanol–water partition coefficient (Wildman–Crippen LogP) is 2.36. The van der Waals surface area contributed by atoms with Gasteiger partial charge >= 0.3 is 0 Å². The van der Waals surface area contributed by atoms with Gasteiger partial charge in [-0.15, -0.1) is 0 Å². The van der Waals surface area contributed by atoms with Crippen molar-refractivity contribution in [3.05, 3.63) is 12.2 Å². The molecule has 0 aliphatic carbocycles. The second kappa shape index (κ2) is 11.1. The fourth-order valence-corrected chi connectivity index (χ4v) is 0.683. The van der Waals surface area contributed by atoms with Crippen molar-refractivity contribution >= 4 is 0 Å². The lowest BCUT2D eigenvalue weighted by Gasteiger charge is -1.92. The van der Waals surface area contributed by atoms with Crippen LogP contribution in [0.3, 0.4) is 0 Å². The molecule has 0 radical (unpaired) electrons. The van der Waals surface area contributed by atoms with Crippen LogP contribution < -0.4 is 0 Å². The number of hydrogen-bond donors (Lipinski definition) is 0. The van der Waals surface area contributed by atoms with Gasteiger partial charge in [0, 0.05) is 0 Å². The number of rotatable bonds is 6. The first-order valence-electron chi connectivity index (χ1n) is 4.74. The molecular weight excluding hydrogens is 164 g/mol. The van der Waals surface area contributed by atoms with E-state index in [2.05, 4.69) is 25.0 Å². The average molecular weight is 182 g/mol. The third-order valence-electron chi connectivity index (χ3n) is 1.30. The molecule has 0 N–H and O–H groups in total. The molecule has 0 aromatic carbocycles. The van der Waals surface area contributed by atoms with Gasteiger partial charge in [-0.3, -0.25) is 0 Å². The van der Waals surface area contributed by atoms with Crippen molar-refractivity contribution in [3.8, 4) is 12.0 Å². The molecule has 13 heavy (non-hydrogen) atoms. The Kier molecular flexibility index (Phi) is 10.3. The van der Waals surface area contributed by atoms with Crippen LogP contribution in [0.25, 0.3) is 0 Å². The molecule has 74 valence electrons. The highest BCUT2D eigenvalue weighted by Crippen LogP contribution is 1.87. The highest BCUT2D eigenvalue weighted by Gasteiger charge is 1.78. The van der Waals surface area contributed by atoms with Crippen molar-refractivity contribution in [3.63, 3.8) is 0 Å². The molecule has 0 saturated carbocycles. The van der Waals surface area contributed by atoms with Gasteiger partial charge in [0.2, 0.25) is 0 Å². The fraction of sp³-hybridized carbons (Fsp3) is 0.636. The predicted molar refractivity (Wildman–Crippen MR) is 54.3 cm³/mol. The van der Waals surface area contributed by atoms with Crippen LogP contribution in [-0.2, 0) is 9.47 Å². The molecule has 0 atom stereocenters. The van der Waals surface area contributed by atoms with E-state index in [1.807, 2.05) is 13.0 Å². The van der Waals surface area contributed by atoms with E-state index in [9.17, 15) is 0 Å². The van der Waals surface area contributed by atoms with Crippen LogP contribution in [0.2, 0.25) is 0 Å². The number of hydrogen-bond acceptors (Lipinski definition) is 2. The Morgan fingerprint density at radius 2 is 2.08 bits per heavy atom. The number of ether oxygens (including phenoxy) is 2. The second-order valence-electron chi connectivity index (χ2n) is 2.49. The summed E-state index contributed by atoms with van der Waals surface area (Å²) in [6.45, 7) is 5.77. The smallest absolute Gasteiger partial charge is 0.112 e. The maximum atomic E-state index is 5.19. The van der Waals surface area contributed by atoms with Crippen molar-refractivity contribution in [2.45, 2.75) is 26.7 Å². The summed E-state index contributed by atoms with van der Waals surface area (Å²) in [6.07, 6.45) is 8.98. The minimum Gasteiger partial charge on any atom is -0.447 e. The summed E-state index contributed by atoms with van der Waals surface area (Å²) in [5.74, 6) is 2.75. The molecule has 0 aliphatic heterocycles. The molecule has 0 heterocycles. The number of allylic oxidation sites excluding steroid dienone is 1. The molecule has 0 fully saturated rings. The molecule has 2 heteroatoms. The third kappa shape index (κ3) is 11.1. The molecule has 0 aromatic rings. The lowest BCUT2D eigenvalue weighted by Crippen LogP contribution is -1.91. The first-order chi connectivity index (χ1) is 6.41. The molecule has 0 saturated heterocycles. The van der Waals surface area contributed by atoms with Crippen LogP contribution in [-0.4, -0.2) is 19.8 Å². The first-order valence-corrected chi connectivity index (χ1v) is 4.74. The first kappa shape index (κ1) is 12.1. The molecule has 0 spiro atoms. The van der Waals surface area contributed by atoms with Gasteiger partial charge in [0.1, 0.15) is 12.7 Å². The maximum Gasteiger partial charge on any atom is 0.112 e. The minimum atomic E-state index is 0.441. The van der Waals surface area contributed by atoms with Crippen molar-refractivity contribution in [1.82, 2.24) is 0 Å².